The fourth-order valence-corrected chi connectivity index (χ4v) is 1.09. The molecule has 0 radical (unpaired) electrons. The zero-order chi connectivity index (χ0) is 9.68. The van der Waals surface area contributed by atoms with Crippen LogP contribution in [-0.4, -0.2) is 22.9 Å². The van der Waals surface area contributed by atoms with E-state index in [1.54, 1.807) is 0 Å². The standard InChI is InChI=1S/C11H14O2/c1-9(8-12)11(13)7-10-5-3-2-4-6-10/h2-6,11-13H,1,7-8H2. The van der Waals surface area contributed by atoms with Gasteiger partial charge in [-0.1, -0.05) is 36.9 Å². The lowest BCUT2D eigenvalue weighted by Crippen LogP contribution is -2.15. The number of aliphatic hydroxyl groups is 2. The van der Waals surface area contributed by atoms with Crippen molar-refractivity contribution in [1.82, 2.24) is 0 Å². The maximum absolute atomic E-state index is 9.51. The third-order valence-electron chi connectivity index (χ3n) is 1.95. The summed E-state index contributed by atoms with van der Waals surface area (Å²) in [6.45, 7) is 3.41. The second-order valence-electron chi connectivity index (χ2n) is 3.02. The number of benzene rings is 1. The molecule has 70 valence electrons. The molecule has 0 amide bonds. The molecular weight excluding hydrogens is 164 g/mol. The molecule has 0 heterocycles. The highest BCUT2D eigenvalue weighted by Crippen LogP contribution is 2.07. The third kappa shape index (κ3) is 3.01. The van der Waals surface area contributed by atoms with Crippen molar-refractivity contribution < 1.29 is 10.2 Å². The van der Waals surface area contributed by atoms with Crippen LogP contribution in [0.15, 0.2) is 42.5 Å². The summed E-state index contributed by atoms with van der Waals surface area (Å²) in [6, 6.07) is 9.64. The Morgan fingerprint density at radius 1 is 1.31 bits per heavy atom. The van der Waals surface area contributed by atoms with Gasteiger partial charge in [-0.3, -0.25) is 0 Å². The maximum atomic E-state index is 9.51. The molecule has 13 heavy (non-hydrogen) atoms. The van der Waals surface area contributed by atoms with Crippen molar-refractivity contribution in [1.29, 1.82) is 0 Å². The highest BCUT2D eigenvalue weighted by Gasteiger charge is 2.07. The molecule has 0 spiro atoms. The summed E-state index contributed by atoms with van der Waals surface area (Å²) in [7, 11) is 0. The third-order valence-corrected chi connectivity index (χ3v) is 1.95. The summed E-state index contributed by atoms with van der Waals surface area (Å²) >= 11 is 0. The van der Waals surface area contributed by atoms with Gasteiger partial charge in [0.1, 0.15) is 0 Å². The molecule has 0 aromatic heterocycles. The Kier molecular flexibility index (Phi) is 3.68. The van der Waals surface area contributed by atoms with Crippen molar-refractivity contribution in [3.05, 3.63) is 48.0 Å². The van der Waals surface area contributed by atoms with E-state index >= 15 is 0 Å². The van der Waals surface area contributed by atoms with E-state index in [2.05, 4.69) is 6.58 Å². The van der Waals surface area contributed by atoms with Crippen LogP contribution in [0.25, 0.3) is 0 Å². The predicted molar refractivity (Wildman–Crippen MR) is 52.4 cm³/mol. The van der Waals surface area contributed by atoms with Gasteiger partial charge in [-0.2, -0.15) is 0 Å². The van der Waals surface area contributed by atoms with Crippen LogP contribution in [0.5, 0.6) is 0 Å². The summed E-state index contributed by atoms with van der Waals surface area (Å²) in [5, 5.41) is 18.2. The van der Waals surface area contributed by atoms with Gasteiger partial charge in [-0.15, -0.1) is 0 Å². The topological polar surface area (TPSA) is 40.5 Å². The Labute approximate surface area is 78.2 Å². The van der Waals surface area contributed by atoms with Gasteiger partial charge in [0, 0.05) is 6.42 Å². The van der Waals surface area contributed by atoms with Crippen LogP contribution >= 0.6 is 0 Å². The molecule has 0 saturated carbocycles. The number of aliphatic hydroxyl groups excluding tert-OH is 2. The number of hydrogen-bond donors (Lipinski definition) is 2. The lowest BCUT2D eigenvalue weighted by atomic mass is 10.0. The monoisotopic (exact) mass is 178 g/mol. The van der Waals surface area contributed by atoms with E-state index in [4.69, 9.17) is 5.11 Å². The van der Waals surface area contributed by atoms with E-state index in [9.17, 15) is 5.11 Å². The molecule has 0 aliphatic rings. The Bertz CT molecular complexity index is 267. The first-order valence-corrected chi connectivity index (χ1v) is 4.24. The predicted octanol–water partition coefficient (Wildman–Crippen LogP) is 1.14. The summed E-state index contributed by atoms with van der Waals surface area (Å²) < 4.78 is 0. The van der Waals surface area contributed by atoms with Gasteiger partial charge in [-0.05, 0) is 11.1 Å². The SMILES string of the molecule is C=C(CO)C(O)Cc1ccccc1. The summed E-state index contributed by atoms with van der Waals surface area (Å²) in [5.74, 6) is 0. The molecule has 0 aliphatic carbocycles. The van der Waals surface area contributed by atoms with E-state index < -0.39 is 6.10 Å². The van der Waals surface area contributed by atoms with Crippen molar-refractivity contribution in [3.8, 4) is 0 Å². The molecular formula is C11H14O2. The highest BCUT2D eigenvalue weighted by molar-refractivity contribution is 5.18. The molecule has 0 bridgehead atoms. The first kappa shape index (κ1) is 9.96. The van der Waals surface area contributed by atoms with Crippen molar-refractivity contribution in [2.24, 2.45) is 0 Å². The first-order chi connectivity index (χ1) is 6.24. The quantitative estimate of drug-likeness (QED) is 0.679. The van der Waals surface area contributed by atoms with Gasteiger partial charge in [0.05, 0.1) is 12.7 Å². The van der Waals surface area contributed by atoms with E-state index in [1.165, 1.54) is 0 Å². The Hall–Kier alpha value is -1.12. The van der Waals surface area contributed by atoms with Crippen LogP contribution in [-0.2, 0) is 6.42 Å². The van der Waals surface area contributed by atoms with Gasteiger partial charge >= 0.3 is 0 Å². The van der Waals surface area contributed by atoms with E-state index in [-0.39, 0.29) is 6.61 Å². The minimum Gasteiger partial charge on any atom is -0.392 e. The zero-order valence-corrected chi connectivity index (χ0v) is 7.48. The van der Waals surface area contributed by atoms with Gasteiger partial charge < -0.3 is 10.2 Å². The molecule has 2 nitrogen and oxygen atoms in total. The Morgan fingerprint density at radius 2 is 1.92 bits per heavy atom. The Morgan fingerprint density at radius 3 is 2.46 bits per heavy atom. The lowest BCUT2D eigenvalue weighted by Gasteiger charge is -2.11. The number of hydrogen-bond acceptors (Lipinski definition) is 2. The Balaban J connectivity index is 2.55. The minimum atomic E-state index is -0.646. The lowest BCUT2D eigenvalue weighted by molar-refractivity contribution is 0.188. The van der Waals surface area contributed by atoms with Crippen molar-refractivity contribution >= 4 is 0 Å². The molecule has 1 rings (SSSR count). The minimum absolute atomic E-state index is 0.159. The van der Waals surface area contributed by atoms with E-state index in [1.807, 2.05) is 30.3 Å². The molecule has 1 aromatic carbocycles. The second-order valence-corrected chi connectivity index (χ2v) is 3.02. The van der Waals surface area contributed by atoms with E-state index in [0.717, 1.165) is 5.56 Å². The molecule has 1 atom stereocenters. The van der Waals surface area contributed by atoms with E-state index in [0.29, 0.717) is 12.0 Å². The molecule has 2 heteroatoms. The molecule has 2 N–H and O–H groups in total. The van der Waals surface area contributed by atoms with Crippen molar-refractivity contribution in [3.63, 3.8) is 0 Å². The first-order valence-electron chi connectivity index (χ1n) is 4.24. The average molecular weight is 178 g/mol. The second kappa shape index (κ2) is 4.80. The van der Waals surface area contributed by atoms with Crippen LogP contribution in [0.3, 0.4) is 0 Å². The van der Waals surface area contributed by atoms with Crippen molar-refractivity contribution in [2.75, 3.05) is 6.61 Å². The van der Waals surface area contributed by atoms with Gasteiger partial charge in [0.2, 0.25) is 0 Å². The fourth-order valence-electron chi connectivity index (χ4n) is 1.09. The summed E-state index contributed by atoms with van der Waals surface area (Å²) in [6.07, 6.45) is -0.132. The molecule has 0 fully saturated rings. The van der Waals surface area contributed by atoms with Crippen molar-refractivity contribution in [2.45, 2.75) is 12.5 Å². The normalized spacial score (nSPS) is 12.5. The summed E-state index contributed by atoms with van der Waals surface area (Å²) in [4.78, 5) is 0. The average Bonchev–Trinajstić information content (AvgIpc) is 2.18. The van der Waals surface area contributed by atoms with Crippen LogP contribution in [0, 0.1) is 0 Å². The van der Waals surface area contributed by atoms with Crippen LogP contribution < -0.4 is 0 Å². The zero-order valence-electron chi connectivity index (χ0n) is 7.48. The fraction of sp³-hybridized carbons (Fsp3) is 0.273. The molecule has 1 unspecified atom stereocenters. The molecule has 0 aliphatic heterocycles. The summed E-state index contributed by atoms with van der Waals surface area (Å²) in [5.41, 5.74) is 1.51. The molecule has 1 aromatic rings. The molecule has 0 saturated heterocycles. The van der Waals surface area contributed by atoms with Gasteiger partial charge in [0.25, 0.3) is 0 Å². The smallest absolute Gasteiger partial charge is 0.0809 e. The van der Waals surface area contributed by atoms with Gasteiger partial charge in [0.15, 0.2) is 0 Å². The largest absolute Gasteiger partial charge is 0.392 e. The van der Waals surface area contributed by atoms with Gasteiger partial charge in [-0.25, -0.2) is 0 Å². The highest BCUT2D eigenvalue weighted by atomic mass is 16.3. The van der Waals surface area contributed by atoms with Crippen LogP contribution in [0.4, 0.5) is 0 Å². The maximum Gasteiger partial charge on any atom is 0.0809 e. The van der Waals surface area contributed by atoms with Crippen LogP contribution in [0.1, 0.15) is 5.56 Å². The number of rotatable bonds is 4. The van der Waals surface area contributed by atoms with Crippen LogP contribution in [0.2, 0.25) is 0 Å².